The Morgan fingerprint density at radius 1 is 0.380 bits per heavy atom. The summed E-state index contributed by atoms with van der Waals surface area (Å²) in [5.41, 5.74) is 0. The number of unbranched alkanes of at least 4 members (excludes halogenated alkanes) is 26. The molecule has 0 aliphatic heterocycles. The molecule has 0 N–H and O–H groups in total. The van der Waals surface area contributed by atoms with Gasteiger partial charge in [-0.1, -0.05) is 201 Å². The normalized spacial score (nSPS) is 11.9. The fourth-order valence-corrected chi connectivity index (χ4v) is 6.45. The quantitative estimate of drug-likeness (QED) is 0.0359. The minimum Gasteiger partial charge on any atom is -0.462 e. The monoisotopic (exact) mass is 709 g/mol. The summed E-state index contributed by atoms with van der Waals surface area (Å²) in [5.74, 6) is -0.0319. The number of carbonyl (C=O) groups is 3. The highest BCUT2D eigenvalue weighted by molar-refractivity contribution is 5.71. The van der Waals surface area contributed by atoms with Gasteiger partial charge in [-0.15, -0.1) is 0 Å². The molecule has 1 atom stereocenters. The van der Waals surface area contributed by atoms with Crippen LogP contribution in [0.5, 0.6) is 0 Å². The van der Waals surface area contributed by atoms with Crippen molar-refractivity contribution >= 4 is 17.9 Å². The van der Waals surface area contributed by atoms with Gasteiger partial charge in [-0.3, -0.25) is 14.4 Å². The van der Waals surface area contributed by atoms with Gasteiger partial charge in [0.1, 0.15) is 13.2 Å². The number of esters is 3. The molecule has 6 heteroatoms. The van der Waals surface area contributed by atoms with Crippen LogP contribution in [0.4, 0.5) is 0 Å². The fourth-order valence-electron chi connectivity index (χ4n) is 6.45. The van der Waals surface area contributed by atoms with E-state index >= 15 is 0 Å². The number of rotatable bonds is 39. The lowest BCUT2D eigenvalue weighted by atomic mass is 10.0. The van der Waals surface area contributed by atoms with E-state index in [-0.39, 0.29) is 31.1 Å². The second-order valence-electron chi connectivity index (χ2n) is 15.5. The van der Waals surface area contributed by atoms with Crippen molar-refractivity contribution < 1.29 is 28.6 Å². The summed E-state index contributed by atoms with van der Waals surface area (Å²) in [4.78, 5) is 37.5. The van der Waals surface area contributed by atoms with E-state index < -0.39 is 6.10 Å². The summed E-state index contributed by atoms with van der Waals surface area (Å²) in [6, 6.07) is 0. The zero-order valence-corrected chi connectivity index (χ0v) is 33.9. The predicted octanol–water partition coefficient (Wildman–Crippen LogP) is 13.6. The molecule has 0 rings (SSSR count). The van der Waals surface area contributed by atoms with E-state index in [0.29, 0.717) is 19.3 Å². The van der Waals surface area contributed by atoms with Crippen molar-refractivity contribution in [2.24, 2.45) is 5.92 Å². The van der Waals surface area contributed by atoms with Gasteiger partial charge in [0.05, 0.1) is 0 Å². The molecule has 0 aromatic rings. The SMILES string of the molecule is CCCCCCCCCCCCC(=O)OC[C@H](COC(=O)CCCCCCCCC)OC(=O)CCCCCCCCCCCCCCC(C)C. The van der Waals surface area contributed by atoms with Gasteiger partial charge in [0.15, 0.2) is 6.10 Å². The zero-order chi connectivity index (χ0) is 36.8. The van der Waals surface area contributed by atoms with Crippen LogP contribution >= 0.6 is 0 Å². The number of carbonyl (C=O) groups excluding carboxylic acids is 3. The van der Waals surface area contributed by atoms with Crippen LogP contribution in [-0.2, 0) is 28.6 Å². The van der Waals surface area contributed by atoms with Crippen LogP contribution in [0.2, 0.25) is 0 Å². The smallest absolute Gasteiger partial charge is 0.306 e. The topological polar surface area (TPSA) is 78.9 Å². The van der Waals surface area contributed by atoms with Crippen molar-refractivity contribution in [1.29, 1.82) is 0 Å². The van der Waals surface area contributed by atoms with E-state index in [1.165, 1.54) is 135 Å². The second-order valence-corrected chi connectivity index (χ2v) is 15.5. The molecule has 6 nitrogen and oxygen atoms in total. The molecule has 0 heterocycles. The summed E-state index contributed by atoms with van der Waals surface area (Å²) in [7, 11) is 0. The standard InChI is InChI=1S/C44H84O6/c1-5-7-9-11-13-14-20-24-28-32-36-43(46)49-39-41(38-48-42(45)35-31-27-22-12-10-8-6-2)50-44(47)37-33-29-25-21-18-16-15-17-19-23-26-30-34-40(3)4/h40-41H,5-39H2,1-4H3/t41-/m0/s1. The van der Waals surface area contributed by atoms with Crippen LogP contribution in [0.3, 0.4) is 0 Å². The first-order chi connectivity index (χ1) is 24.4. The van der Waals surface area contributed by atoms with Crippen LogP contribution in [0.1, 0.15) is 240 Å². The first kappa shape index (κ1) is 48.4. The zero-order valence-electron chi connectivity index (χ0n) is 33.9. The van der Waals surface area contributed by atoms with Crippen molar-refractivity contribution in [2.45, 2.75) is 246 Å². The van der Waals surface area contributed by atoms with E-state index in [1.807, 2.05) is 0 Å². The molecule has 0 aliphatic carbocycles. The molecule has 0 saturated carbocycles. The average Bonchev–Trinajstić information content (AvgIpc) is 3.09. The van der Waals surface area contributed by atoms with Gasteiger partial charge in [0.2, 0.25) is 0 Å². The Morgan fingerprint density at radius 3 is 0.980 bits per heavy atom. The summed E-state index contributed by atoms with van der Waals surface area (Å²) >= 11 is 0. The molecule has 0 radical (unpaired) electrons. The summed E-state index contributed by atoms with van der Waals surface area (Å²) in [6.07, 6.45) is 36.7. The second kappa shape index (κ2) is 38.6. The highest BCUT2D eigenvalue weighted by atomic mass is 16.6. The van der Waals surface area contributed by atoms with Gasteiger partial charge in [0, 0.05) is 19.3 Å². The maximum atomic E-state index is 12.7. The lowest BCUT2D eigenvalue weighted by Gasteiger charge is -2.18. The molecular formula is C44H84O6. The van der Waals surface area contributed by atoms with Crippen molar-refractivity contribution in [1.82, 2.24) is 0 Å². The number of ether oxygens (including phenoxy) is 3. The Morgan fingerprint density at radius 2 is 0.660 bits per heavy atom. The third kappa shape index (κ3) is 37.7. The Bertz CT molecular complexity index is 751. The van der Waals surface area contributed by atoms with Gasteiger partial charge in [-0.05, 0) is 25.2 Å². The summed E-state index contributed by atoms with van der Waals surface area (Å²) in [6.45, 7) is 8.94. The van der Waals surface area contributed by atoms with Gasteiger partial charge in [-0.2, -0.15) is 0 Å². The van der Waals surface area contributed by atoms with Gasteiger partial charge < -0.3 is 14.2 Å². The first-order valence-corrected chi connectivity index (χ1v) is 21.9. The largest absolute Gasteiger partial charge is 0.462 e. The highest BCUT2D eigenvalue weighted by Crippen LogP contribution is 2.16. The highest BCUT2D eigenvalue weighted by Gasteiger charge is 2.19. The number of hydrogen-bond donors (Lipinski definition) is 0. The molecule has 0 aromatic heterocycles. The van der Waals surface area contributed by atoms with E-state index in [4.69, 9.17) is 14.2 Å². The van der Waals surface area contributed by atoms with E-state index in [2.05, 4.69) is 27.7 Å². The van der Waals surface area contributed by atoms with Crippen LogP contribution in [0.15, 0.2) is 0 Å². The molecule has 0 amide bonds. The Hall–Kier alpha value is -1.59. The average molecular weight is 709 g/mol. The molecule has 0 aliphatic rings. The molecular weight excluding hydrogens is 624 g/mol. The Balaban J connectivity index is 4.27. The molecule has 0 bridgehead atoms. The summed E-state index contributed by atoms with van der Waals surface area (Å²) < 4.78 is 16.6. The fraction of sp³-hybridized carbons (Fsp3) is 0.932. The minimum absolute atomic E-state index is 0.0645. The molecule has 0 spiro atoms. The van der Waals surface area contributed by atoms with Crippen LogP contribution in [0.25, 0.3) is 0 Å². The lowest BCUT2D eigenvalue weighted by molar-refractivity contribution is -0.167. The molecule has 50 heavy (non-hydrogen) atoms. The molecule has 0 saturated heterocycles. The Kier molecular flexibility index (Phi) is 37.4. The van der Waals surface area contributed by atoms with Crippen LogP contribution in [0, 0.1) is 5.92 Å². The van der Waals surface area contributed by atoms with Crippen LogP contribution < -0.4 is 0 Å². The minimum atomic E-state index is -0.757. The third-order valence-electron chi connectivity index (χ3n) is 9.79. The van der Waals surface area contributed by atoms with E-state index in [1.54, 1.807) is 0 Å². The van der Waals surface area contributed by atoms with Crippen molar-refractivity contribution in [3.63, 3.8) is 0 Å². The lowest BCUT2D eigenvalue weighted by Crippen LogP contribution is -2.30. The van der Waals surface area contributed by atoms with Gasteiger partial charge in [0.25, 0.3) is 0 Å². The van der Waals surface area contributed by atoms with Crippen molar-refractivity contribution in [3.05, 3.63) is 0 Å². The summed E-state index contributed by atoms with van der Waals surface area (Å²) in [5, 5.41) is 0. The predicted molar refractivity (Wildman–Crippen MR) is 210 cm³/mol. The maximum absolute atomic E-state index is 12.7. The van der Waals surface area contributed by atoms with E-state index in [0.717, 1.165) is 63.7 Å². The first-order valence-electron chi connectivity index (χ1n) is 21.9. The molecule has 296 valence electrons. The third-order valence-corrected chi connectivity index (χ3v) is 9.79. The van der Waals surface area contributed by atoms with Crippen molar-refractivity contribution in [2.75, 3.05) is 13.2 Å². The van der Waals surface area contributed by atoms with Crippen molar-refractivity contribution in [3.8, 4) is 0 Å². The van der Waals surface area contributed by atoms with Gasteiger partial charge >= 0.3 is 17.9 Å². The molecule has 0 unspecified atom stereocenters. The van der Waals surface area contributed by atoms with E-state index in [9.17, 15) is 14.4 Å². The number of hydrogen-bond acceptors (Lipinski definition) is 6. The van der Waals surface area contributed by atoms with Crippen LogP contribution in [-0.4, -0.2) is 37.2 Å². The van der Waals surface area contributed by atoms with Gasteiger partial charge in [-0.25, -0.2) is 0 Å². The molecule has 0 fully saturated rings. The maximum Gasteiger partial charge on any atom is 0.306 e. The Labute approximate surface area is 310 Å². The molecule has 0 aromatic carbocycles.